The second kappa shape index (κ2) is 5.18. The molecule has 112 valence electrons. The molecule has 1 N–H and O–H groups in total. The number of imidazole rings is 1. The van der Waals surface area contributed by atoms with E-state index in [-0.39, 0.29) is 5.69 Å². The van der Waals surface area contributed by atoms with Gasteiger partial charge in [-0.15, -0.1) is 0 Å². The van der Waals surface area contributed by atoms with E-state index in [0.29, 0.717) is 5.52 Å². The van der Waals surface area contributed by atoms with Crippen molar-refractivity contribution >= 4 is 22.6 Å². The lowest BCUT2D eigenvalue weighted by molar-refractivity contribution is -0.167. The first-order valence-electron chi connectivity index (χ1n) is 6.36. The molecular weight excluding hydrogens is 295 g/mol. The van der Waals surface area contributed by atoms with Crippen molar-refractivity contribution in [1.82, 2.24) is 9.55 Å². The van der Waals surface area contributed by atoms with Gasteiger partial charge in [-0.25, -0.2) is 4.98 Å². The number of benzene rings is 2. The van der Waals surface area contributed by atoms with E-state index in [4.69, 9.17) is 0 Å². The highest BCUT2D eigenvalue weighted by Crippen LogP contribution is 2.23. The summed E-state index contributed by atoms with van der Waals surface area (Å²) in [6, 6.07) is 13.8. The number of amides is 1. The Morgan fingerprint density at radius 3 is 2.50 bits per heavy atom. The second-order valence-corrected chi connectivity index (χ2v) is 4.61. The Kier molecular flexibility index (Phi) is 3.32. The van der Waals surface area contributed by atoms with Crippen LogP contribution in [0.15, 0.2) is 54.9 Å². The van der Waals surface area contributed by atoms with Gasteiger partial charge in [0.2, 0.25) is 0 Å². The number of halogens is 3. The molecule has 0 fully saturated rings. The standard InChI is InChI=1S/C15H10F3N3O/c16-15(17,18)14(22)20-10-6-7-13-12(8-10)19-9-21(13)11-4-2-1-3-5-11/h1-9H,(H,20,22). The van der Waals surface area contributed by atoms with Crippen LogP contribution in [0.2, 0.25) is 0 Å². The number of hydrogen-bond acceptors (Lipinski definition) is 2. The first kappa shape index (κ1) is 14.1. The van der Waals surface area contributed by atoms with Crippen LogP contribution in [0.25, 0.3) is 16.7 Å². The maximum Gasteiger partial charge on any atom is 0.471 e. The Morgan fingerprint density at radius 1 is 1.09 bits per heavy atom. The first-order chi connectivity index (χ1) is 10.4. The molecule has 2 aromatic carbocycles. The average molecular weight is 305 g/mol. The predicted molar refractivity (Wildman–Crippen MR) is 75.8 cm³/mol. The van der Waals surface area contributed by atoms with Crippen LogP contribution < -0.4 is 5.32 Å². The number of fused-ring (bicyclic) bond motifs is 1. The Bertz CT molecular complexity index is 825. The van der Waals surface area contributed by atoms with E-state index < -0.39 is 12.1 Å². The highest BCUT2D eigenvalue weighted by Gasteiger charge is 2.38. The van der Waals surface area contributed by atoms with Crippen LogP contribution >= 0.6 is 0 Å². The lowest BCUT2D eigenvalue weighted by Crippen LogP contribution is -2.29. The zero-order valence-electron chi connectivity index (χ0n) is 11.1. The fourth-order valence-corrected chi connectivity index (χ4v) is 2.09. The molecule has 0 saturated heterocycles. The molecule has 7 heteroatoms. The van der Waals surface area contributed by atoms with Crippen molar-refractivity contribution in [2.24, 2.45) is 0 Å². The summed E-state index contributed by atoms with van der Waals surface area (Å²) in [7, 11) is 0. The Hall–Kier alpha value is -2.83. The molecule has 0 aliphatic carbocycles. The summed E-state index contributed by atoms with van der Waals surface area (Å²) in [4.78, 5) is 15.1. The van der Waals surface area contributed by atoms with Gasteiger partial charge >= 0.3 is 12.1 Å². The van der Waals surface area contributed by atoms with Crippen molar-refractivity contribution in [2.45, 2.75) is 6.18 Å². The number of para-hydroxylation sites is 1. The molecule has 0 bridgehead atoms. The van der Waals surface area contributed by atoms with Gasteiger partial charge in [0, 0.05) is 11.4 Å². The zero-order chi connectivity index (χ0) is 15.7. The zero-order valence-corrected chi connectivity index (χ0v) is 11.1. The number of hydrogen-bond donors (Lipinski definition) is 1. The fourth-order valence-electron chi connectivity index (χ4n) is 2.09. The molecule has 22 heavy (non-hydrogen) atoms. The molecule has 1 amide bonds. The number of rotatable bonds is 2. The van der Waals surface area contributed by atoms with Crippen LogP contribution in [0.1, 0.15) is 0 Å². The van der Waals surface area contributed by atoms with Crippen molar-refractivity contribution in [3.05, 3.63) is 54.9 Å². The normalized spacial score (nSPS) is 11.6. The van der Waals surface area contributed by atoms with Crippen molar-refractivity contribution in [2.75, 3.05) is 5.32 Å². The number of alkyl halides is 3. The molecule has 0 spiro atoms. The summed E-state index contributed by atoms with van der Waals surface area (Å²) in [5, 5.41) is 1.81. The first-order valence-corrected chi connectivity index (χ1v) is 6.36. The molecule has 0 atom stereocenters. The number of nitrogens with zero attached hydrogens (tertiary/aromatic N) is 2. The molecule has 1 aromatic heterocycles. The van der Waals surface area contributed by atoms with Gasteiger partial charge in [-0.2, -0.15) is 13.2 Å². The monoisotopic (exact) mass is 305 g/mol. The molecule has 0 saturated carbocycles. The summed E-state index contributed by atoms with van der Waals surface area (Å²) < 4.78 is 38.5. The molecule has 4 nitrogen and oxygen atoms in total. The van der Waals surface area contributed by atoms with Crippen molar-refractivity contribution in [3.8, 4) is 5.69 Å². The molecular formula is C15H10F3N3O. The van der Waals surface area contributed by atoms with Crippen LogP contribution in [-0.2, 0) is 4.79 Å². The van der Waals surface area contributed by atoms with Gasteiger partial charge in [0.25, 0.3) is 0 Å². The summed E-state index contributed by atoms with van der Waals surface area (Å²) in [6.07, 6.45) is -3.34. The van der Waals surface area contributed by atoms with Gasteiger partial charge in [-0.3, -0.25) is 9.36 Å². The minimum atomic E-state index is -4.92. The molecule has 0 unspecified atom stereocenters. The molecule has 3 aromatic rings. The third-order valence-corrected chi connectivity index (χ3v) is 3.10. The number of nitrogens with one attached hydrogen (secondary N) is 1. The molecule has 0 aliphatic rings. The highest BCUT2D eigenvalue weighted by molar-refractivity contribution is 5.96. The third kappa shape index (κ3) is 2.65. The quantitative estimate of drug-likeness (QED) is 0.787. The van der Waals surface area contributed by atoms with Gasteiger partial charge in [0.05, 0.1) is 11.0 Å². The largest absolute Gasteiger partial charge is 0.471 e. The summed E-state index contributed by atoms with van der Waals surface area (Å²) in [5.74, 6) is -2.01. The molecule has 0 aliphatic heterocycles. The van der Waals surface area contributed by atoms with E-state index in [1.54, 1.807) is 12.4 Å². The van der Waals surface area contributed by atoms with E-state index in [1.165, 1.54) is 12.1 Å². The van der Waals surface area contributed by atoms with E-state index in [0.717, 1.165) is 11.2 Å². The number of carbonyl (C=O) groups is 1. The topological polar surface area (TPSA) is 46.9 Å². The minimum Gasteiger partial charge on any atom is -0.318 e. The van der Waals surface area contributed by atoms with Gasteiger partial charge < -0.3 is 5.32 Å². The predicted octanol–water partition coefficient (Wildman–Crippen LogP) is 3.53. The lowest BCUT2D eigenvalue weighted by atomic mass is 10.2. The van der Waals surface area contributed by atoms with Gasteiger partial charge in [0.15, 0.2) is 0 Å². The Labute approximate surface area is 123 Å². The van der Waals surface area contributed by atoms with Crippen LogP contribution in [-0.4, -0.2) is 21.6 Å². The smallest absolute Gasteiger partial charge is 0.318 e. The number of aromatic nitrogens is 2. The van der Waals surface area contributed by atoms with Crippen molar-refractivity contribution in [3.63, 3.8) is 0 Å². The highest BCUT2D eigenvalue weighted by atomic mass is 19.4. The molecule has 0 radical (unpaired) electrons. The van der Waals surface area contributed by atoms with Crippen molar-refractivity contribution in [1.29, 1.82) is 0 Å². The van der Waals surface area contributed by atoms with E-state index in [9.17, 15) is 18.0 Å². The molecule has 3 rings (SSSR count). The Morgan fingerprint density at radius 2 is 1.82 bits per heavy atom. The minimum absolute atomic E-state index is 0.0492. The Balaban J connectivity index is 1.95. The maximum absolute atomic E-state index is 12.2. The van der Waals surface area contributed by atoms with Gasteiger partial charge in [0.1, 0.15) is 6.33 Å². The van der Waals surface area contributed by atoms with Crippen LogP contribution in [0.4, 0.5) is 18.9 Å². The maximum atomic E-state index is 12.2. The van der Waals surface area contributed by atoms with Crippen molar-refractivity contribution < 1.29 is 18.0 Å². The van der Waals surface area contributed by atoms with E-state index in [2.05, 4.69) is 4.98 Å². The second-order valence-electron chi connectivity index (χ2n) is 4.61. The summed E-state index contributed by atoms with van der Waals surface area (Å²) in [5.41, 5.74) is 2.16. The number of carbonyl (C=O) groups excluding carboxylic acids is 1. The van der Waals surface area contributed by atoms with Crippen LogP contribution in [0.5, 0.6) is 0 Å². The van der Waals surface area contributed by atoms with E-state index in [1.807, 2.05) is 40.2 Å². The number of anilines is 1. The van der Waals surface area contributed by atoms with Gasteiger partial charge in [-0.1, -0.05) is 18.2 Å². The lowest BCUT2D eigenvalue weighted by Gasteiger charge is -2.08. The fraction of sp³-hybridized carbons (Fsp3) is 0.0667. The van der Waals surface area contributed by atoms with Gasteiger partial charge in [-0.05, 0) is 30.3 Å². The SMILES string of the molecule is O=C(Nc1ccc2c(c1)ncn2-c1ccccc1)C(F)(F)F. The van der Waals surface area contributed by atoms with Crippen LogP contribution in [0.3, 0.4) is 0 Å². The summed E-state index contributed by atoms with van der Waals surface area (Å²) in [6.45, 7) is 0. The molecule has 1 heterocycles. The average Bonchev–Trinajstić information content (AvgIpc) is 2.90. The van der Waals surface area contributed by atoms with Crippen LogP contribution in [0, 0.1) is 0 Å². The summed E-state index contributed by atoms with van der Waals surface area (Å²) >= 11 is 0. The van der Waals surface area contributed by atoms with E-state index >= 15 is 0 Å². The third-order valence-electron chi connectivity index (χ3n) is 3.10.